The van der Waals surface area contributed by atoms with Gasteiger partial charge in [0.05, 0.1) is 6.54 Å². The number of ether oxygens (including phenoxy) is 1. The normalized spacial score (nSPS) is 12.8. The van der Waals surface area contributed by atoms with Crippen molar-refractivity contribution in [1.82, 2.24) is 14.5 Å². The Morgan fingerprint density at radius 2 is 2.08 bits per heavy atom. The van der Waals surface area contributed by atoms with E-state index in [4.69, 9.17) is 4.74 Å². The zero-order valence-corrected chi connectivity index (χ0v) is 14.1. The highest BCUT2D eigenvalue weighted by Gasteiger charge is 2.15. The van der Waals surface area contributed by atoms with Gasteiger partial charge in [0.25, 0.3) is 0 Å². The third-order valence-electron chi connectivity index (χ3n) is 3.65. The molecule has 0 fully saturated rings. The minimum Gasteiger partial charge on any atom is -0.491 e. The quantitative estimate of drug-likeness (QED) is 0.803. The van der Waals surface area contributed by atoms with Crippen molar-refractivity contribution in [2.24, 2.45) is 0 Å². The first-order valence-corrected chi connectivity index (χ1v) is 7.73. The van der Waals surface area contributed by atoms with Crippen LogP contribution < -0.4 is 4.74 Å². The van der Waals surface area contributed by atoms with Gasteiger partial charge >= 0.3 is 6.55 Å². The lowest BCUT2D eigenvalue weighted by Crippen LogP contribution is -2.33. The molecule has 0 aliphatic carbocycles. The minimum atomic E-state index is -2.62. The number of hydrogen-bond acceptors (Lipinski definition) is 4. The molecule has 1 aromatic heterocycles. The molecule has 24 heavy (non-hydrogen) atoms. The lowest BCUT2D eigenvalue weighted by Gasteiger charge is -2.21. The Morgan fingerprint density at radius 3 is 2.75 bits per heavy atom. The lowest BCUT2D eigenvalue weighted by atomic mass is 10.1. The number of aliphatic hydroxyl groups is 1. The highest BCUT2D eigenvalue weighted by molar-refractivity contribution is 5.35. The van der Waals surface area contributed by atoms with Gasteiger partial charge in [0.2, 0.25) is 0 Å². The number of imidazole rings is 1. The third kappa shape index (κ3) is 5.01. The summed E-state index contributed by atoms with van der Waals surface area (Å²) in [6.45, 7) is 1.99. The molecule has 0 bridgehead atoms. The fourth-order valence-electron chi connectivity index (χ4n) is 2.51. The summed E-state index contributed by atoms with van der Waals surface area (Å²) in [6, 6.07) is 5.84. The average molecular weight is 339 g/mol. The predicted octanol–water partition coefficient (Wildman–Crippen LogP) is 2.77. The average Bonchev–Trinajstić information content (AvgIpc) is 2.94. The molecule has 0 saturated carbocycles. The zero-order chi connectivity index (χ0) is 17.7. The lowest BCUT2D eigenvalue weighted by molar-refractivity contribution is 0.0572. The van der Waals surface area contributed by atoms with E-state index in [9.17, 15) is 13.9 Å². The van der Waals surface area contributed by atoms with Gasteiger partial charge in [0.1, 0.15) is 24.3 Å². The SMILES string of the molecule is Cc1ccc(OCC(O)CN(C)Cc2nccn2C(F)F)c(C)c1. The number of hydrogen-bond donors (Lipinski definition) is 1. The summed E-state index contributed by atoms with van der Waals surface area (Å²) in [6.07, 6.45) is 1.86. The minimum absolute atomic E-state index is 0.136. The number of benzene rings is 1. The standard InChI is InChI=1S/C17H23F2N3O2/c1-12-4-5-15(13(2)8-12)24-11-14(23)9-21(3)10-16-20-6-7-22(16)17(18)19/h4-8,14,17,23H,9-11H2,1-3H3. The summed E-state index contributed by atoms with van der Waals surface area (Å²) < 4.78 is 32.0. The molecule has 2 rings (SSSR count). The Balaban J connectivity index is 1.83. The monoisotopic (exact) mass is 339 g/mol. The highest BCUT2D eigenvalue weighted by Crippen LogP contribution is 2.19. The molecule has 0 amide bonds. The summed E-state index contributed by atoms with van der Waals surface area (Å²) in [5, 5.41) is 10.1. The molecular formula is C17H23F2N3O2. The molecule has 132 valence electrons. The van der Waals surface area contributed by atoms with Gasteiger partial charge < -0.3 is 9.84 Å². The first kappa shape index (κ1) is 18.4. The van der Waals surface area contributed by atoms with Crippen molar-refractivity contribution in [3.05, 3.63) is 47.5 Å². The number of aromatic nitrogens is 2. The number of alkyl halides is 2. The Labute approximate surface area is 140 Å². The number of aliphatic hydroxyl groups excluding tert-OH is 1. The maximum Gasteiger partial charge on any atom is 0.319 e. The van der Waals surface area contributed by atoms with Crippen molar-refractivity contribution in [3.63, 3.8) is 0 Å². The van der Waals surface area contributed by atoms with Crippen LogP contribution in [-0.4, -0.2) is 45.9 Å². The van der Waals surface area contributed by atoms with Gasteiger partial charge in [-0.1, -0.05) is 17.7 Å². The van der Waals surface area contributed by atoms with Crippen LogP contribution in [0.5, 0.6) is 5.75 Å². The van der Waals surface area contributed by atoms with Gasteiger partial charge in [0.15, 0.2) is 0 Å². The van der Waals surface area contributed by atoms with Crippen molar-refractivity contribution >= 4 is 0 Å². The van der Waals surface area contributed by atoms with Crippen molar-refractivity contribution in [1.29, 1.82) is 0 Å². The van der Waals surface area contributed by atoms with E-state index < -0.39 is 12.7 Å². The topological polar surface area (TPSA) is 50.5 Å². The van der Waals surface area contributed by atoms with Crippen LogP contribution in [0.4, 0.5) is 8.78 Å². The maximum atomic E-state index is 12.8. The first-order chi connectivity index (χ1) is 11.4. The molecule has 7 heteroatoms. The Morgan fingerprint density at radius 1 is 1.33 bits per heavy atom. The van der Waals surface area contributed by atoms with Gasteiger partial charge in [-0.3, -0.25) is 9.47 Å². The molecule has 0 radical (unpaired) electrons. The van der Waals surface area contributed by atoms with Crippen LogP contribution in [0, 0.1) is 13.8 Å². The summed E-state index contributed by atoms with van der Waals surface area (Å²) in [4.78, 5) is 5.66. The third-order valence-corrected chi connectivity index (χ3v) is 3.65. The van der Waals surface area contributed by atoms with Crippen LogP contribution in [0.3, 0.4) is 0 Å². The molecular weight excluding hydrogens is 316 g/mol. The van der Waals surface area contributed by atoms with Crippen molar-refractivity contribution in [3.8, 4) is 5.75 Å². The number of halogens is 2. The fraction of sp³-hybridized carbons (Fsp3) is 0.471. The van der Waals surface area contributed by atoms with Gasteiger partial charge in [0, 0.05) is 18.9 Å². The Kier molecular flexibility index (Phi) is 6.28. The van der Waals surface area contributed by atoms with Crippen molar-refractivity contribution < 1.29 is 18.6 Å². The van der Waals surface area contributed by atoms with E-state index in [0.29, 0.717) is 6.54 Å². The highest BCUT2D eigenvalue weighted by atomic mass is 19.3. The van der Waals surface area contributed by atoms with Gasteiger partial charge in [-0.05, 0) is 32.5 Å². The molecule has 1 unspecified atom stereocenters. The molecule has 5 nitrogen and oxygen atoms in total. The fourth-order valence-corrected chi connectivity index (χ4v) is 2.51. The van der Waals surface area contributed by atoms with Crippen LogP contribution in [-0.2, 0) is 6.54 Å². The second-order valence-corrected chi connectivity index (χ2v) is 5.96. The van der Waals surface area contributed by atoms with E-state index in [1.54, 1.807) is 11.9 Å². The number of nitrogens with zero attached hydrogens (tertiary/aromatic N) is 3. The molecule has 1 heterocycles. The van der Waals surface area contributed by atoms with E-state index in [2.05, 4.69) is 4.98 Å². The Bertz CT molecular complexity index is 661. The van der Waals surface area contributed by atoms with Gasteiger partial charge in [-0.2, -0.15) is 8.78 Å². The largest absolute Gasteiger partial charge is 0.491 e. The number of rotatable bonds is 8. The van der Waals surface area contributed by atoms with Crippen LogP contribution >= 0.6 is 0 Å². The van der Waals surface area contributed by atoms with E-state index in [1.165, 1.54) is 12.4 Å². The number of likely N-dealkylation sites (N-methyl/N-ethyl adjacent to an activating group) is 1. The van der Waals surface area contributed by atoms with Crippen molar-refractivity contribution in [2.45, 2.75) is 33.0 Å². The Hall–Kier alpha value is -1.99. The first-order valence-electron chi connectivity index (χ1n) is 7.73. The van der Waals surface area contributed by atoms with Crippen LogP contribution in [0.2, 0.25) is 0 Å². The van der Waals surface area contributed by atoms with E-state index in [0.717, 1.165) is 21.4 Å². The number of aryl methyl sites for hydroxylation is 2. The van der Waals surface area contributed by atoms with Crippen LogP contribution in [0.1, 0.15) is 23.5 Å². The molecule has 2 aromatic rings. The molecule has 0 spiro atoms. The van der Waals surface area contributed by atoms with Gasteiger partial charge in [-0.15, -0.1) is 0 Å². The summed E-state index contributed by atoms with van der Waals surface area (Å²) >= 11 is 0. The maximum absolute atomic E-state index is 12.8. The second kappa shape index (κ2) is 8.21. The molecule has 1 atom stereocenters. The van der Waals surface area contributed by atoms with Crippen molar-refractivity contribution in [2.75, 3.05) is 20.2 Å². The van der Waals surface area contributed by atoms with Crippen LogP contribution in [0.25, 0.3) is 0 Å². The zero-order valence-electron chi connectivity index (χ0n) is 14.1. The summed E-state index contributed by atoms with van der Waals surface area (Å²) in [5.41, 5.74) is 2.16. The van der Waals surface area contributed by atoms with E-state index in [1.807, 2.05) is 32.0 Å². The summed E-state index contributed by atoms with van der Waals surface area (Å²) in [7, 11) is 1.74. The second-order valence-electron chi connectivity index (χ2n) is 5.96. The predicted molar refractivity (Wildman–Crippen MR) is 87.2 cm³/mol. The summed E-state index contributed by atoms with van der Waals surface area (Å²) in [5.74, 6) is 0.991. The molecule has 0 aliphatic rings. The van der Waals surface area contributed by atoms with Crippen LogP contribution in [0.15, 0.2) is 30.6 Å². The molecule has 1 N–H and O–H groups in total. The molecule has 0 saturated heterocycles. The molecule has 0 aliphatic heterocycles. The molecule has 1 aromatic carbocycles. The van der Waals surface area contributed by atoms with E-state index in [-0.39, 0.29) is 19.0 Å². The van der Waals surface area contributed by atoms with E-state index >= 15 is 0 Å². The smallest absolute Gasteiger partial charge is 0.319 e. The van der Waals surface area contributed by atoms with Gasteiger partial charge in [-0.25, -0.2) is 4.98 Å².